The molecule has 1 aliphatic heterocycles. The first kappa shape index (κ1) is 21.5. The van der Waals surface area contributed by atoms with Crippen LogP contribution in [0.15, 0.2) is 33.7 Å². The lowest BCUT2D eigenvalue weighted by Gasteiger charge is -2.22. The smallest absolute Gasteiger partial charge is 0.222 e. The van der Waals surface area contributed by atoms with Gasteiger partial charge in [-0.25, -0.2) is 0 Å². The highest BCUT2D eigenvalue weighted by Gasteiger charge is 2.45. The maximum Gasteiger partial charge on any atom is 0.222 e. The zero-order chi connectivity index (χ0) is 17.9. The van der Waals surface area contributed by atoms with Gasteiger partial charge in [-0.15, -0.1) is 24.0 Å². The van der Waals surface area contributed by atoms with Crippen molar-refractivity contribution in [1.82, 2.24) is 15.5 Å². The van der Waals surface area contributed by atoms with Gasteiger partial charge in [0.25, 0.3) is 0 Å². The number of guanidine groups is 1. The van der Waals surface area contributed by atoms with Crippen LogP contribution >= 0.6 is 39.9 Å². The molecule has 1 saturated carbocycles. The van der Waals surface area contributed by atoms with Crippen molar-refractivity contribution in [2.24, 2.45) is 4.99 Å². The van der Waals surface area contributed by atoms with Crippen molar-refractivity contribution in [3.05, 3.63) is 34.3 Å². The lowest BCUT2D eigenvalue weighted by Crippen LogP contribution is -2.47. The number of carbonyl (C=O) groups is 1. The number of benzene rings is 1. The SMILES string of the molecule is CCC(=O)N1CCC(NC(=NC)NCC2(c3ccccc3Br)CC2)C1.I. The van der Waals surface area contributed by atoms with Gasteiger partial charge in [0, 0.05) is 49.0 Å². The van der Waals surface area contributed by atoms with Gasteiger partial charge < -0.3 is 15.5 Å². The molecular formula is C19H28BrIN4O. The summed E-state index contributed by atoms with van der Waals surface area (Å²) < 4.78 is 1.18. The first-order chi connectivity index (χ1) is 12.1. The van der Waals surface area contributed by atoms with Crippen molar-refractivity contribution in [1.29, 1.82) is 0 Å². The minimum absolute atomic E-state index is 0. The molecule has 0 bridgehead atoms. The molecular weight excluding hydrogens is 507 g/mol. The van der Waals surface area contributed by atoms with Crippen LogP contribution in [0.4, 0.5) is 0 Å². The summed E-state index contributed by atoms with van der Waals surface area (Å²) in [5, 5.41) is 6.97. The predicted molar refractivity (Wildman–Crippen MR) is 120 cm³/mol. The highest BCUT2D eigenvalue weighted by molar-refractivity contribution is 14.0. The van der Waals surface area contributed by atoms with Gasteiger partial charge in [0.15, 0.2) is 5.96 Å². The molecule has 1 amide bonds. The van der Waals surface area contributed by atoms with E-state index in [2.05, 4.69) is 55.8 Å². The zero-order valence-corrected chi connectivity index (χ0v) is 19.3. The van der Waals surface area contributed by atoms with E-state index < -0.39 is 0 Å². The first-order valence-electron chi connectivity index (χ1n) is 9.08. The average Bonchev–Trinajstić information content (AvgIpc) is 3.27. The number of amides is 1. The van der Waals surface area contributed by atoms with E-state index in [4.69, 9.17) is 0 Å². The average molecular weight is 535 g/mol. The van der Waals surface area contributed by atoms with Gasteiger partial charge in [0.05, 0.1) is 0 Å². The van der Waals surface area contributed by atoms with Crippen LogP contribution in [0, 0.1) is 0 Å². The minimum atomic E-state index is 0. The Labute approximate surface area is 181 Å². The molecule has 3 rings (SSSR count). The van der Waals surface area contributed by atoms with Crippen molar-refractivity contribution >= 4 is 51.8 Å². The van der Waals surface area contributed by atoms with E-state index in [0.717, 1.165) is 32.0 Å². The minimum Gasteiger partial charge on any atom is -0.356 e. The molecule has 2 fully saturated rings. The van der Waals surface area contributed by atoms with Crippen LogP contribution in [0.2, 0.25) is 0 Å². The zero-order valence-electron chi connectivity index (χ0n) is 15.4. The Morgan fingerprint density at radius 1 is 1.38 bits per heavy atom. The van der Waals surface area contributed by atoms with Crippen molar-refractivity contribution in [3.8, 4) is 0 Å². The van der Waals surface area contributed by atoms with Crippen LogP contribution in [0.25, 0.3) is 0 Å². The summed E-state index contributed by atoms with van der Waals surface area (Å²) in [5.74, 6) is 1.06. The number of hydrogen-bond donors (Lipinski definition) is 2. The summed E-state index contributed by atoms with van der Waals surface area (Å²) in [6, 6.07) is 8.76. The molecule has 0 radical (unpaired) electrons. The predicted octanol–water partition coefficient (Wildman–Crippen LogP) is 3.27. The topological polar surface area (TPSA) is 56.7 Å². The molecule has 2 aliphatic rings. The molecule has 5 nitrogen and oxygen atoms in total. The lowest BCUT2D eigenvalue weighted by molar-refractivity contribution is -0.129. The van der Waals surface area contributed by atoms with Gasteiger partial charge in [-0.1, -0.05) is 41.1 Å². The maximum absolute atomic E-state index is 11.8. The fourth-order valence-electron chi connectivity index (χ4n) is 3.55. The number of carbonyl (C=O) groups excluding carboxylic acids is 1. The standard InChI is InChI=1S/C19H27BrN4O.HI/c1-3-17(25)24-11-8-14(12-24)23-18(21-2)22-13-19(9-10-19)15-6-4-5-7-16(15)20;/h4-7,14H,3,8-13H2,1-2H3,(H2,21,22,23);1H. The Kier molecular flexibility index (Phi) is 7.76. The fourth-order valence-corrected chi connectivity index (χ4v) is 4.26. The molecule has 1 saturated heterocycles. The summed E-state index contributed by atoms with van der Waals surface area (Å²) in [7, 11) is 1.80. The van der Waals surface area contributed by atoms with E-state index in [9.17, 15) is 4.79 Å². The summed E-state index contributed by atoms with van der Waals surface area (Å²) in [5.41, 5.74) is 1.58. The highest BCUT2D eigenvalue weighted by Crippen LogP contribution is 2.49. The second-order valence-electron chi connectivity index (χ2n) is 7.01. The molecule has 0 aromatic heterocycles. The van der Waals surface area contributed by atoms with Gasteiger partial charge in [-0.3, -0.25) is 9.79 Å². The summed E-state index contributed by atoms with van der Waals surface area (Å²) in [6.07, 6.45) is 3.94. The van der Waals surface area contributed by atoms with Crippen molar-refractivity contribution in [2.75, 3.05) is 26.7 Å². The van der Waals surface area contributed by atoms with Gasteiger partial charge in [0.2, 0.25) is 5.91 Å². The molecule has 144 valence electrons. The van der Waals surface area contributed by atoms with Crippen LogP contribution in [-0.4, -0.2) is 49.5 Å². The monoisotopic (exact) mass is 534 g/mol. The highest BCUT2D eigenvalue weighted by atomic mass is 127. The summed E-state index contributed by atoms with van der Waals surface area (Å²) in [4.78, 5) is 18.1. The first-order valence-corrected chi connectivity index (χ1v) is 9.87. The second kappa shape index (κ2) is 9.39. The largest absolute Gasteiger partial charge is 0.356 e. The number of likely N-dealkylation sites (tertiary alicyclic amines) is 1. The number of nitrogens with zero attached hydrogens (tertiary/aromatic N) is 2. The van der Waals surface area contributed by atoms with Gasteiger partial charge >= 0.3 is 0 Å². The van der Waals surface area contributed by atoms with Crippen molar-refractivity contribution < 1.29 is 4.79 Å². The van der Waals surface area contributed by atoms with Crippen molar-refractivity contribution in [2.45, 2.75) is 44.1 Å². The van der Waals surface area contributed by atoms with Gasteiger partial charge in [0.1, 0.15) is 0 Å². The maximum atomic E-state index is 11.8. The van der Waals surface area contributed by atoms with Crippen molar-refractivity contribution in [3.63, 3.8) is 0 Å². The number of aliphatic imine (C=N–C) groups is 1. The Balaban J connectivity index is 0.00000243. The number of nitrogens with one attached hydrogen (secondary N) is 2. The van der Waals surface area contributed by atoms with E-state index in [-0.39, 0.29) is 41.3 Å². The molecule has 1 aromatic rings. The van der Waals surface area contributed by atoms with E-state index in [1.807, 2.05) is 11.8 Å². The van der Waals surface area contributed by atoms with E-state index in [0.29, 0.717) is 6.42 Å². The molecule has 26 heavy (non-hydrogen) atoms. The Bertz CT molecular complexity index is 663. The molecule has 1 aromatic carbocycles. The molecule has 0 spiro atoms. The molecule has 1 atom stereocenters. The molecule has 1 unspecified atom stereocenters. The Hall–Kier alpha value is -0.830. The van der Waals surface area contributed by atoms with Crippen LogP contribution < -0.4 is 10.6 Å². The molecule has 2 N–H and O–H groups in total. The second-order valence-corrected chi connectivity index (χ2v) is 7.86. The number of hydrogen-bond acceptors (Lipinski definition) is 2. The third kappa shape index (κ3) is 4.91. The molecule has 7 heteroatoms. The van der Waals surface area contributed by atoms with Crippen LogP contribution in [0.3, 0.4) is 0 Å². The number of rotatable bonds is 5. The van der Waals surface area contributed by atoms with Crippen LogP contribution in [-0.2, 0) is 10.2 Å². The third-order valence-corrected chi connectivity index (χ3v) is 5.99. The quantitative estimate of drug-likeness (QED) is 0.346. The van der Waals surface area contributed by atoms with E-state index in [1.165, 1.54) is 22.9 Å². The van der Waals surface area contributed by atoms with Crippen LogP contribution in [0.1, 0.15) is 38.2 Å². The number of halogens is 2. The Morgan fingerprint density at radius 2 is 2.12 bits per heavy atom. The summed E-state index contributed by atoms with van der Waals surface area (Å²) in [6.45, 7) is 4.39. The third-order valence-electron chi connectivity index (χ3n) is 5.30. The fraction of sp³-hybridized carbons (Fsp3) is 0.579. The lowest BCUT2D eigenvalue weighted by atomic mass is 9.96. The summed E-state index contributed by atoms with van der Waals surface area (Å²) >= 11 is 3.68. The van der Waals surface area contributed by atoms with E-state index >= 15 is 0 Å². The Morgan fingerprint density at radius 3 is 2.73 bits per heavy atom. The molecule has 1 aliphatic carbocycles. The van der Waals surface area contributed by atoms with E-state index in [1.54, 1.807) is 7.05 Å². The van der Waals surface area contributed by atoms with Gasteiger partial charge in [-0.2, -0.15) is 0 Å². The van der Waals surface area contributed by atoms with Gasteiger partial charge in [-0.05, 0) is 30.9 Å². The molecule has 1 heterocycles. The van der Waals surface area contributed by atoms with Crippen LogP contribution in [0.5, 0.6) is 0 Å². The normalized spacial score (nSPS) is 21.1.